The van der Waals surface area contributed by atoms with E-state index in [0.29, 0.717) is 9.50 Å². The van der Waals surface area contributed by atoms with Gasteiger partial charge in [-0.15, -0.1) is 12.4 Å². The molecule has 1 aromatic carbocycles. The third kappa shape index (κ3) is 3.53. The fraction of sp³-hybridized carbons (Fsp3) is 0.333. The minimum Gasteiger partial charge on any atom is -0.390 e. The van der Waals surface area contributed by atoms with Crippen LogP contribution in [0.2, 0.25) is 5.02 Å². The Kier molecular flexibility index (Phi) is 6.14. The predicted molar refractivity (Wildman–Crippen MR) is 65.4 cm³/mol. The molecule has 0 saturated heterocycles. The summed E-state index contributed by atoms with van der Waals surface area (Å²) in [7, 11) is 0. The highest BCUT2D eigenvalue weighted by molar-refractivity contribution is 9.10. The second kappa shape index (κ2) is 6.12. The summed E-state index contributed by atoms with van der Waals surface area (Å²) in [6.07, 6.45) is 0. The van der Waals surface area contributed by atoms with Crippen molar-refractivity contribution in [1.29, 1.82) is 0 Å². The number of hydrogen-bond acceptors (Lipinski definition) is 2. The van der Waals surface area contributed by atoms with Gasteiger partial charge in [-0.2, -0.15) is 0 Å². The van der Waals surface area contributed by atoms with Crippen LogP contribution < -0.4 is 5.73 Å². The van der Waals surface area contributed by atoms with Crippen LogP contribution in [0.4, 0.5) is 8.78 Å². The Morgan fingerprint density at radius 1 is 1.50 bits per heavy atom. The lowest BCUT2D eigenvalue weighted by Crippen LogP contribution is -2.36. The van der Waals surface area contributed by atoms with E-state index in [0.717, 1.165) is 0 Å². The van der Waals surface area contributed by atoms with Gasteiger partial charge in [0.25, 0.3) is 5.92 Å². The molecular weight excluding hydrogens is 327 g/mol. The average molecular weight is 337 g/mol. The molecule has 16 heavy (non-hydrogen) atoms. The van der Waals surface area contributed by atoms with Crippen molar-refractivity contribution in [2.75, 3.05) is 6.61 Å². The summed E-state index contributed by atoms with van der Waals surface area (Å²) in [5.74, 6) is -3.35. The van der Waals surface area contributed by atoms with Crippen molar-refractivity contribution >= 4 is 39.9 Å². The SMILES string of the molecule is Cl.N[C@@H](c1ccc(Cl)cc1Br)C(F)(F)CO. The Bertz CT molecular complexity index is 365. The highest BCUT2D eigenvalue weighted by Crippen LogP contribution is 2.34. The van der Waals surface area contributed by atoms with Crippen molar-refractivity contribution in [3.05, 3.63) is 33.3 Å². The van der Waals surface area contributed by atoms with Gasteiger partial charge in [-0.1, -0.05) is 33.6 Å². The number of aliphatic hydroxyl groups is 1. The molecule has 2 nitrogen and oxygen atoms in total. The first-order chi connectivity index (χ1) is 6.88. The predicted octanol–water partition coefficient (Wildman–Crippen LogP) is 3.15. The minimum atomic E-state index is -3.35. The molecule has 3 N–H and O–H groups in total. The van der Waals surface area contributed by atoms with E-state index in [-0.39, 0.29) is 18.0 Å². The number of rotatable bonds is 3. The van der Waals surface area contributed by atoms with Gasteiger partial charge in [0.1, 0.15) is 6.61 Å². The zero-order valence-corrected chi connectivity index (χ0v) is 11.1. The van der Waals surface area contributed by atoms with Crippen molar-refractivity contribution in [1.82, 2.24) is 0 Å². The summed E-state index contributed by atoms with van der Waals surface area (Å²) < 4.78 is 26.6. The van der Waals surface area contributed by atoms with Crippen LogP contribution in [-0.4, -0.2) is 17.6 Å². The third-order valence-electron chi connectivity index (χ3n) is 1.96. The zero-order valence-electron chi connectivity index (χ0n) is 7.96. The maximum absolute atomic E-state index is 13.1. The van der Waals surface area contributed by atoms with Crippen molar-refractivity contribution in [2.45, 2.75) is 12.0 Å². The lowest BCUT2D eigenvalue weighted by molar-refractivity contribution is -0.0713. The summed E-state index contributed by atoms with van der Waals surface area (Å²) in [4.78, 5) is 0. The molecule has 7 heteroatoms. The van der Waals surface area contributed by atoms with Crippen molar-refractivity contribution in [3.8, 4) is 0 Å². The number of nitrogens with two attached hydrogens (primary N) is 1. The van der Waals surface area contributed by atoms with Crippen LogP contribution in [0.5, 0.6) is 0 Å². The number of hydrogen-bond donors (Lipinski definition) is 2. The molecule has 0 bridgehead atoms. The summed E-state index contributed by atoms with van der Waals surface area (Å²) in [6, 6.07) is 2.79. The molecule has 0 fully saturated rings. The smallest absolute Gasteiger partial charge is 0.289 e. The van der Waals surface area contributed by atoms with Gasteiger partial charge < -0.3 is 10.8 Å². The van der Waals surface area contributed by atoms with E-state index in [4.69, 9.17) is 22.4 Å². The molecule has 1 rings (SSSR count). The van der Waals surface area contributed by atoms with E-state index in [9.17, 15) is 8.78 Å². The Balaban J connectivity index is 0.00000225. The number of benzene rings is 1. The van der Waals surface area contributed by atoms with Crippen LogP contribution in [-0.2, 0) is 0 Å². The molecular formula is C9H10BrCl2F2NO. The van der Waals surface area contributed by atoms with Crippen LogP contribution in [0.15, 0.2) is 22.7 Å². The van der Waals surface area contributed by atoms with Gasteiger partial charge in [0.15, 0.2) is 0 Å². The molecule has 0 aromatic heterocycles. The second-order valence-electron chi connectivity index (χ2n) is 3.06. The number of halogens is 5. The Morgan fingerprint density at radius 3 is 2.50 bits per heavy atom. The van der Waals surface area contributed by atoms with Crippen molar-refractivity contribution < 1.29 is 13.9 Å². The van der Waals surface area contributed by atoms with Crippen LogP contribution >= 0.6 is 39.9 Å². The summed E-state index contributed by atoms with van der Waals surface area (Å²) in [6.45, 7) is -1.29. The molecule has 0 spiro atoms. The van der Waals surface area contributed by atoms with E-state index >= 15 is 0 Å². The number of alkyl halides is 2. The largest absolute Gasteiger partial charge is 0.390 e. The zero-order chi connectivity index (χ0) is 11.6. The Labute approximate surface area is 111 Å². The molecule has 1 aromatic rings. The molecule has 0 aliphatic heterocycles. The normalized spacial score (nSPS) is 13.1. The van der Waals surface area contributed by atoms with Crippen LogP contribution in [0, 0.1) is 0 Å². The van der Waals surface area contributed by atoms with E-state index < -0.39 is 18.6 Å². The van der Waals surface area contributed by atoms with Gasteiger partial charge in [0.05, 0.1) is 6.04 Å². The highest BCUT2D eigenvalue weighted by atomic mass is 79.9. The first-order valence-corrected chi connectivity index (χ1v) is 5.25. The van der Waals surface area contributed by atoms with E-state index in [1.807, 2.05) is 0 Å². The van der Waals surface area contributed by atoms with Crippen molar-refractivity contribution in [3.63, 3.8) is 0 Å². The van der Waals surface area contributed by atoms with Crippen LogP contribution in [0.25, 0.3) is 0 Å². The molecule has 0 aliphatic carbocycles. The van der Waals surface area contributed by atoms with Gasteiger partial charge in [-0.05, 0) is 17.7 Å². The molecule has 92 valence electrons. The fourth-order valence-corrected chi connectivity index (χ4v) is 2.01. The monoisotopic (exact) mass is 335 g/mol. The maximum atomic E-state index is 13.1. The summed E-state index contributed by atoms with van der Waals surface area (Å²) in [5, 5.41) is 8.92. The quantitative estimate of drug-likeness (QED) is 0.890. The second-order valence-corrected chi connectivity index (χ2v) is 4.35. The van der Waals surface area contributed by atoms with Gasteiger partial charge >= 0.3 is 0 Å². The molecule has 0 saturated carbocycles. The summed E-state index contributed by atoms with van der Waals surface area (Å²) >= 11 is 8.75. The summed E-state index contributed by atoms with van der Waals surface area (Å²) in [5.41, 5.74) is 5.56. The first kappa shape index (κ1) is 16.1. The van der Waals surface area contributed by atoms with E-state index in [1.54, 1.807) is 0 Å². The third-order valence-corrected chi connectivity index (χ3v) is 2.89. The average Bonchev–Trinajstić information content (AvgIpc) is 2.17. The Hall–Kier alpha value is 0.0600. The van der Waals surface area contributed by atoms with E-state index in [1.165, 1.54) is 18.2 Å². The molecule has 0 amide bonds. The standard InChI is InChI=1S/C9H9BrClF2NO.ClH/c10-7-3-5(11)1-2-6(7)8(14)9(12,13)4-15;/h1-3,8,15H,4,14H2;1H/t8-;/m0./s1. The molecule has 0 radical (unpaired) electrons. The van der Waals surface area contributed by atoms with Crippen LogP contribution in [0.3, 0.4) is 0 Å². The highest BCUT2D eigenvalue weighted by Gasteiger charge is 2.38. The molecule has 0 aliphatic rings. The minimum absolute atomic E-state index is 0. The van der Waals surface area contributed by atoms with Gasteiger partial charge in [0.2, 0.25) is 0 Å². The van der Waals surface area contributed by atoms with E-state index in [2.05, 4.69) is 15.9 Å². The number of aliphatic hydroxyl groups excluding tert-OH is 1. The first-order valence-electron chi connectivity index (χ1n) is 4.07. The topological polar surface area (TPSA) is 46.2 Å². The fourth-order valence-electron chi connectivity index (χ4n) is 1.08. The van der Waals surface area contributed by atoms with Gasteiger partial charge in [-0.25, -0.2) is 8.78 Å². The molecule has 0 unspecified atom stereocenters. The maximum Gasteiger partial charge on any atom is 0.289 e. The van der Waals surface area contributed by atoms with Crippen molar-refractivity contribution in [2.24, 2.45) is 5.73 Å². The Morgan fingerprint density at radius 2 is 2.06 bits per heavy atom. The van der Waals surface area contributed by atoms with Crippen LogP contribution in [0.1, 0.15) is 11.6 Å². The molecule has 0 heterocycles. The van der Waals surface area contributed by atoms with Gasteiger partial charge in [0, 0.05) is 9.50 Å². The molecule has 1 atom stereocenters. The lowest BCUT2D eigenvalue weighted by atomic mass is 10.0. The van der Waals surface area contributed by atoms with Gasteiger partial charge in [-0.3, -0.25) is 0 Å². The lowest BCUT2D eigenvalue weighted by Gasteiger charge is -2.22.